The number of imide groups is 1. The largest absolute Gasteiger partial charge is 0.496 e. The lowest BCUT2D eigenvalue weighted by molar-refractivity contribution is -0.885. The van der Waals surface area contributed by atoms with Crippen LogP contribution in [0.5, 0.6) is 5.75 Å². The van der Waals surface area contributed by atoms with E-state index in [1.54, 1.807) is 19.5 Å². The van der Waals surface area contributed by atoms with Gasteiger partial charge in [-0.15, -0.1) is 0 Å². The molecule has 6 nitrogen and oxygen atoms in total. The van der Waals surface area contributed by atoms with Gasteiger partial charge in [0.15, 0.2) is 6.54 Å². The van der Waals surface area contributed by atoms with Crippen LogP contribution in [-0.2, 0) is 11.3 Å². The number of aryl methyl sites for hydroxylation is 1. The molecule has 3 amide bonds. The van der Waals surface area contributed by atoms with Gasteiger partial charge in [0.1, 0.15) is 18.8 Å². The van der Waals surface area contributed by atoms with Gasteiger partial charge in [0, 0.05) is 5.56 Å². The number of nitrogens with one attached hydrogen (secondary N) is 3. The summed E-state index contributed by atoms with van der Waals surface area (Å²) >= 11 is 0. The monoisotopic (exact) mass is 348 g/mol. The minimum Gasteiger partial charge on any atom is -0.496 e. The Hall–Kier alpha value is -2.29. The number of hydrogen-bond acceptors (Lipinski definition) is 3. The first-order valence-corrected chi connectivity index (χ1v) is 7.20. The predicted octanol–water partition coefficient (Wildman–Crippen LogP) is 0.406. The molecule has 0 spiro atoms. The number of quaternary nitrogens is 1. The maximum Gasteiger partial charge on any atom is 0.405 e. The number of rotatable bonds is 6. The topological polar surface area (TPSA) is 71.9 Å². The van der Waals surface area contributed by atoms with E-state index in [9.17, 15) is 22.8 Å². The molecule has 0 fully saturated rings. The number of likely N-dealkylation sites (N-methyl/N-ethyl adjacent to an activating group) is 1. The van der Waals surface area contributed by atoms with Crippen molar-refractivity contribution in [2.45, 2.75) is 19.6 Å². The first-order valence-electron chi connectivity index (χ1n) is 7.20. The lowest BCUT2D eigenvalue weighted by Crippen LogP contribution is -3.09. The van der Waals surface area contributed by atoms with Gasteiger partial charge in [0.25, 0.3) is 5.91 Å². The minimum atomic E-state index is -4.52. The molecule has 3 N–H and O–H groups in total. The van der Waals surface area contributed by atoms with Crippen molar-refractivity contribution in [3.05, 3.63) is 29.3 Å². The van der Waals surface area contributed by atoms with Crippen LogP contribution >= 0.6 is 0 Å². The second-order valence-corrected chi connectivity index (χ2v) is 5.47. The third-order valence-electron chi connectivity index (χ3n) is 3.09. The lowest BCUT2D eigenvalue weighted by Gasteiger charge is -2.16. The molecule has 9 heteroatoms. The molecular weight excluding hydrogens is 327 g/mol. The molecule has 0 heterocycles. The van der Waals surface area contributed by atoms with Crippen LogP contribution in [0.2, 0.25) is 0 Å². The number of carbonyl (C=O) groups excluding carboxylic acids is 2. The highest BCUT2D eigenvalue weighted by Crippen LogP contribution is 2.18. The van der Waals surface area contributed by atoms with Crippen LogP contribution in [0.3, 0.4) is 0 Å². The number of halogens is 3. The van der Waals surface area contributed by atoms with Crippen molar-refractivity contribution in [3.8, 4) is 5.75 Å². The van der Waals surface area contributed by atoms with E-state index in [1.165, 1.54) is 0 Å². The Balaban J connectivity index is 2.50. The van der Waals surface area contributed by atoms with Crippen molar-refractivity contribution >= 4 is 11.9 Å². The second-order valence-electron chi connectivity index (χ2n) is 5.47. The number of ether oxygens (including phenoxy) is 1. The fourth-order valence-electron chi connectivity index (χ4n) is 2.10. The molecule has 0 aliphatic heterocycles. The molecule has 24 heavy (non-hydrogen) atoms. The molecule has 1 aromatic rings. The van der Waals surface area contributed by atoms with Crippen LogP contribution in [0.4, 0.5) is 18.0 Å². The van der Waals surface area contributed by atoms with Crippen molar-refractivity contribution in [2.24, 2.45) is 0 Å². The van der Waals surface area contributed by atoms with Crippen LogP contribution in [0, 0.1) is 6.92 Å². The van der Waals surface area contributed by atoms with E-state index in [-0.39, 0.29) is 6.54 Å². The highest BCUT2D eigenvalue weighted by Gasteiger charge is 2.28. The summed E-state index contributed by atoms with van der Waals surface area (Å²) in [6.45, 7) is 0.824. The van der Waals surface area contributed by atoms with Crippen LogP contribution in [-0.4, -0.2) is 45.4 Å². The van der Waals surface area contributed by atoms with Gasteiger partial charge in [-0.05, 0) is 19.1 Å². The Labute approximate surface area is 138 Å². The van der Waals surface area contributed by atoms with Crippen molar-refractivity contribution in [1.82, 2.24) is 10.6 Å². The smallest absolute Gasteiger partial charge is 0.405 e. The number of alkyl halides is 3. The molecule has 1 aromatic carbocycles. The number of hydrogen-bond donors (Lipinski definition) is 3. The Morgan fingerprint density at radius 2 is 1.96 bits per heavy atom. The SMILES string of the molecule is COc1ccc(C)cc1C[NH+](C)CC(=O)NC(=O)NCC(F)(F)F. The molecule has 0 radical (unpaired) electrons. The van der Waals surface area contributed by atoms with Gasteiger partial charge in [0.2, 0.25) is 0 Å². The molecule has 0 aliphatic rings. The van der Waals surface area contributed by atoms with Crippen LogP contribution in [0.25, 0.3) is 0 Å². The van der Waals surface area contributed by atoms with Gasteiger partial charge < -0.3 is 15.0 Å². The molecular formula is C15H21F3N3O3+. The zero-order valence-electron chi connectivity index (χ0n) is 13.7. The average Bonchev–Trinajstić information content (AvgIpc) is 2.44. The molecule has 0 aliphatic carbocycles. The number of methoxy groups -OCH3 is 1. The second kappa shape index (κ2) is 8.53. The summed E-state index contributed by atoms with van der Waals surface area (Å²) in [5.41, 5.74) is 1.93. The van der Waals surface area contributed by atoms with Crippen LogP contribution in [0.15, 0.2) is 18.2 Å². The van der Waals surface area contributed by atoms with Crippen LogP contribution in [0.1, 0.15) is 11.1 Å². The Bertz CT molecular complexity index is 591. The zero-order valence-corrected chi connectivity index (χ0v) is 13.7. The van der Waals surface area contributed by atoms with E-state index in [2.05, 4.69) is 0 Å². The standard InChI is InChI=1S/C15H20F3N3O3/c1-10-4-5-12(24-3)11(6-10)7-21(2)8-13(22)20-14(23)19-9-15(16,17)18/h4-6H,7-9H2,1-3H3,(H2,19,20,22,23)/p+1. The number of carbonyl (C=O) groups is 2. The normalized spacial score (nSPS) is 12.4. The number of amides is 3. The Morgan fingerprint density at radius 3 is 2.54 bits per heavy atom. The van der Waals surface area contributed by atoms with Crippen molar-refractivity contribution in [3.63, 3.8) is 0 Å². The molecule has 134 valence electrons. The zero-order chi connectivity index (χ0) is 18.3. The molecule has 1 atom stereocenters. The van der Waals surface area contributed by atoms with Crippen LogP contribution < -0.4 is 20.3 Å². The fourth-order valence-corrected chi connectivity index (χ4v) is 2.10. The summed E-state index contributed by atoms with van der Waals surface area (Å²) in [4.78, 5) is 23.7. The minimum absolute atomic E-state index is 0.0729. The van der Waals surface area contributed by atoms with Gasteiger partial charge >= 0.3 is 12.2 Å². The quantitative estimate of drug-likeness (QED) is 0.697. The highest BCUT2D eigenvalue weighted by molar-refractivity contribution is 5.94. The molecule has 0 bridgehead atoms. The molecule has 0 saturated carbocycles. The third-order valence-corrected chi connectivity index (χ3v) is 3.09. The summed E-state index contributed by atoms with van der Waals surface area (Å²) < 4.78 is 41.1. The Morgan fingerprint density at radius 1 is 1.29 bits per heavy atom. The maximum absolute atomic E-state index is 12.0. The lowest BCUT2D eigenvalue weighted by atomic mass is 10.1. The van der Waals surface area contributed by atoms with E-state index in [0.717, 1.165) is 16.0 Å². The fraction of sp³-hybridized carbons (Fsp3) is 0.467. The van der Waals surface area contributed by atoms with E-state index >= 15 is 0 Å². The number of benzene rings is 1. The Kier molecular flexibility index (Phi) is 7.02. The molecule has 0 saturated heterocycles. The summed E-state index contributed by atoms with van der Waals surface area (Å²) in [6.07, 6.45) is -4.52. The van der Waals surface area contributed by atoms with Gasteiger partial charge in [-0.25, -0.2) is 4.79 Å². The van der Waals surface area contributed by atoms with Gasteiger partial charge in [-0.2, -0.15) is 13.2 Å². The molecule has 0 aromatic heterocycles. The summed E-state index contributed by atoms with van der Waals surface area (Å²) in [7, 11) is 3.27. The highest BCUT2D eigenvalue weighted by atomic mass is 19.4. The average molecular weight is 348 g/mol. The number of urea groups is 1. The first-order chi connectivity index (χ1) is 11.1. The first kappa shape index (κ1) is 19.8. The predicted molar refractivity (Wildman–Crippen MR) is 80.8 cm³/mol. The van der Waals surface area contributed by atoms with Crippen molar-refractivity contribution in [2.75, 3.05) is 27.2 Å². The summed E-state index contributed by atoms with van der Waals surface area (Å²) in [5.74, 6) is 0.0158. The maximum atomic E-state index is 12.0. The van der Waals surface area contributed by atoms with E-state index < -0.39 is 24.7 Å². The van der Waals surface area contributed by atoms with E-state index in [4.69, 9.17) is 4.74 Å². The van der Waals surface area contributed by atoms with E-state index in [1.807, 2.05) is 30.4 Å². The van der Waals surface area contributed by atoms with Gasteiger partial charge in [-0.1, -0.05) is 11.6 Å². The van der Waals surface area contributed by atoms with Gasteiger partial charge in [0.05, 0.1) is 14.2 Å². The van der Waals surface area contributed by atoms with Crippen molar-refractivity contribution in [1.29, 1.82) is 0 Å². The van der Waals surface area contributed by atoms with Crippen molar-refractivity contribution < 1.29 is 32.4 Å². The van der Waals surface area contributed by atoms with E-state index in [0.29, 0.717) is 12.3 Å². The summed E-state index contributed by atoms with van der Waals surface area (Å²) in [5, 5.41) is 3.45. The third kappa shape index (κ3) is 7.32. The summed E-state index contributed by atoms with van der Waals surface area (Å²) in [6, 6.07) is 4.48. The molecule has 1 unspecified atom stereocenters. The molecule has 1 rings (SSSR count). The van der Waals surface area contributed by atoms with Gasteiger partial charge in [-0.3, -0.25) is 10.1 Å².